The summed E-state index contributed by atoms with van der Waals surface area (Å²) in [4.78, 5) is 21.7. The lowest BCUT2D eigenvalue weighted by Crippen LogP contribution is -2.29. The average Bonchev–Trinajstić information content (AvgIpc) is 3.24. The average molecular weight is 492 g/mol. The van der Waals surface area contributed by atoms with Gasteiger partial charge in [0.2, 0.25) is 5.91 Å². The van der Waals surface area contributed by atoms with Gasteiger partial charge in [-0.25, -0.2) is 20.3 Å². The van der Waals surface area contributed by atoms with Gasteiger partial charge in [0.25, 0.3) is 0 Å². The predicted octanol–water partition coefficient (Wildman–Crippen LogP) is 3.83. The van der Waals surface area contributed by atoms with Crippen molar-refractivity contribution in [3.8, 4) is 0 Å². The number of aromatic nitrogens is 4. The molecule has 176 valence electrons. The van der Waals surface area contributed by atoms with E-state index in [1.807, 2.05) is 13.8 Å². The summed E-state index contributed by atoms with van der Waals surface area (Å²) in [5.74, 6) is 5.63. The first-order valence-corrected chi connectivity index (χ1v) is 11.2. The first-order chi connectivity index (χ1) is 15.6. The van der Waals surface area contributed by atoms with Crippen LogP contribution in [0.25, 0.3) is 5.65 Å². The number of hydrazine groups is 1. The molecule has 1 unspecified atom stereocenters. The van der Waals surface area contributed by atoms with Crippen molar-refractivity contribution in [2.75, 3.05) is 10.4 Å². The van der Waals surface area contributed by atoms with E-state index in [0.717, 1.165) is 16.4 Å². The molecule has 0 radical (unpaired) electrons. The third-order valence-corrected chi connectivity index (χ3v) is 5.56. The first-order valence-electron chi connectivity index (χ1n) is 10.4. The van der Waals surface area contributed by atoms with E-state index in [9.17, 15) is 4.79 Å². The molecule has 0 bridgehead atoms. The highest BCUT2D eigenvalue weighted by atomic mass is 35.5. The Balaban J connectivity index is 0.00000149. The monoisotopic (exact) mass is 491 g/mol. The number of anilines is 2. The van der Waals surface area contributed by atoms with Gasteiger partial charge in [0, 0.05) is 23.2 Å². The van der Waals surface area contributed by atoms with Crippen LogP contribution >= 0.6 is 23.2 Å². The standard InChI is InChI=1S/C19H21Cl2N9O.C2H6/c1-9(22)27-30(23)17-13(20)4-10(7-25-17)26-18(31)11-6-19(2,3)16-12(11)8-24-15-5-14(21)28-29(15)16;1-2/h4-5,7-8,11H,6,23H2,1-3H3,(H2,22,27)(H,26,31);1-2H3. The van der Waals surface area contributed by atoms with Gasteiger partial charge in [-0.05, 0) is 19.4 Å². The largest absolute Gasteiger partial charge is 0.386 e. The number of fused-ring (bicyclic) bond motifs is 3. The lowest BCUT2D eigenvalue weighted by Gasteiger charge is -2.19. The van der Waals surface area contributed by atoms with E-state index in [4.69, 9.17) is 34.8 Å². The van der Waals surface area contributed by atoms with Crippen LogP contribution in [-0.2, 0) is 10.2 Å². The zero-order valence-corrected chi connectivity index (χ0v) is 20.6. The van der Waals surface area contributed by atoms with Crippen LogP contribution in [0, 0.1) is 0 Å². The highest BCUT2D eigenvalue weighted by Crippen LogP contribution is 2.46. The molecule has 0 saturated heterocycles. The zero-order valence-electron chi connectivity index (χ0n) is 19.1. The minimum Gasteiger partial charge on any atom is -0.386 e. The minimum absolute atomic E-state index is 0.197. The van der Waals surface area contributed by atoms with Gasteiger partial charge in [-0.1, -0.05) is 50.9 Å². The van der Waals surface area contributed by atoms with Crippen molar-refractivity contribution in [1.29, 1.82) is 0 Å². The van der Waals surface area contributed by atoms with E-state index in [1.165, 1.54) is 6.20 Å². The highest BCUT2D eigenvalue weighted by molar-refractivity contribution is 6.33. The lowest BCUT2D eigenvalue weighted by atomic mass is 9.88. The maximum Gasteiger partial charge on any atom is 0.232 e. The molecule has 0 aliphatic heterocycles. The van der Waals surface area contributed by atoms with Gasteiger partial charge < -0.3 is 11.1 Å². The summed E-state index contributed by atoms with van der Waals surface area (Å²) in [6.45, 7) is 9.72. The molecule has 1 aliphatic carbocycles. The number of hydrogen-bond acceptors (Lipinski definition) is 7. The molecule has 3 aromatic heterocycles. The molecule has 0 aromatic carbocycles. The van der Waals surface area contributed by atoms with E-state index < -0.39 is 5.92 Å². The molecule has 1 amide bonds. The fraction of sp³-hybridized carbons (Fsp3) is 0.381. The Labute approximate surface area is 201 Å². The third kappa shape index (κ3) is 4.87. The van der Waals surface area contributed by atoms with Crippen molar-refractivity contribution in [1.82, 2.24) is 19.6 Å². The SMILES string of the molecule is C/C(N)=N/N(N)c1ncc(NC(=O)C2CC(C)(C)c3c2cnc2cc(Cl)nn32)cc1Cl.CC. The van der Waals surface area contributed by atoms with Crippen molar-refractivity contribution in [3.05, 3.63) is 46.0 Å². The topological polar surface area (TPSA) is 140 Å². The van der Waals surface area contributed by atoms with Crippen molar-refractivity contribution < 1.29 is 4.79 Å². The zero-order chi connectivity index (χ0) is 24.5. The fourth-order valence-corrected chi connectivity index (χ4v) is 4.34. The van der Waals surface area contributed by atoms with Gasteiger partial charge in [0.15, 0.2) is 16.6 Å². The second-order valence-corrected chi connectivity index (χ2v) is 8.84. The number of hydrogen-bond donors (Lipinski definition) is 3. The van der Waals surface area contributed by atoms with Gasteiger partial charge in [0.1, 0.15) is 5.84 Å². The Bertz CT molecular complexity index is 1220. The van der Waals surface area contributed by atoms with E-state index in [2.05, 4.69) is 39.3 Å². The summed E-state index contributed by atoms with van der Waals surface area (Å²) in [6.07, 6.45) is 3.76. The van der Waals surface area contributed by atoms with Crippen LogP contribution in [0.5, 0.6) is 0 Å². The number of nitrogens with one attached hydrogen (secondary N) is 1. The normalized spacial score (nSPS) is 16.7. The molecule has 1 atom stereocenters. The Hall–Kier alpha value is -2.95. The molecule has 3 aromatic rings. The molecule has 5 N–H and O–H groups in total. The number of rotatable bonds is 4. The van der Waals surface area contributed by atoms with Gasteiger partial charge in [-0.3, -0.25) is 4.79 Å². The number of hydrazone groups is 1. The number of amidine groups is 1. The molecular weight excluding hydrogens is 465 g/mol. The van der Waals surface area contributed by atoms with Gasteiger partial charge in [-0.15, -0.1) is 5.10 Å². The molecule has 1 aliphatic rings. The number of carbonyl (C=O) groups excluding carboxylic acids is 1. The summed E-state index contributed by atoms with van der Waals surface area (Å²) in [7, 11) is 0. The molecule has 12 heteroatoms. The van der Waals surface area contributed by atoms with Crippen LogP contribution in [-0.4, -0.2) is 31.3 Å². The van der Waals surface area contributed by atoms with Crippen molar-refractivity contribution >= 4 is 52.1 Å². The molecule has 4 rings (SSSR count). The van der Waals surface area contributed by atoms with E-state index in [-0.39, 0.29) is 28.0 Å². The third-order valence-electron chi connectivity index (χ3n) is 5.10. The number of pyridine rings is 1. The first kappa shape index (κ1) is 24.7. The second kappa shape index (κ2) is 9.50. The van der Waals surface area contributed by atoms with Crippen molar-refractivity contribution in [2.45, 2.75) is 52.4 Å². The Kier molecular flexibility index (Phi) is 7.11. The summed E-state index contributed by atoms with van der Waals surface area (Å²) in [5.41, 5.74) is 8.04. The van der Waals surface area contributed by atoms with Crippen LogP contribution in [0.3, 0.4) is 0 Å². The van der Waals surface area contributed by atoms with Crippen LogP contribution in [0.1, 0.15) is 58.2 Å². The van der Waals surface area contributed by atoms with Gasteiger partial charge in [0.05, 0.1) is 28.5 Å². The molecule has 0 spiro atoms. The van der Waals surface area contributed by atoms with Crippen LogP contribution in [0.4, 0.5) is 11.5 Å². The molecular formula is C21H27Cl2N9O. The summed E-state index contributed by atoms with van der Waals surface area (Å²) >= 11 is 12.3. The van der Waals surface area contributed by atoms with Crippen LogP contribution < -0.4 is 22.0 Å². The summed E-state index contributed by atoms with van der Waals surface area (Å²) in [6, 6.07) is 3.25. The van der Waals surface area contributed by atoms with Crippen LogP contribution in [0.15, 0.2) is 29.6 Å². The second-order valence-electron chi connectivity index (χ2n) is 8.04. The number of halogens is 2. The predicted molar refractivity (Wildman–Crippen MR) is 132 cm³/mol. The van der Waals surface area contributed by atoms with E-state index in [1.54, 1.807) is 29.8 Å². The molecule has 10 nitrogen and oxygen atoms in total. The maximum absolute atomic E-state index is 13.1. The molecule has 0 saturated carbocycles. The highest BCUT2D eigenvalue weighted by Gasteiger charge is 2.43. The Morgan fingerprint density at radius 1 is 1.27 bits per heavy atom. The van der Waals surface area contributed by atoms with Gasteiger partial charge >= 0.3 is 0 Å². The smallest absolute Gasteiger partial charge is 0.232 e. The van der Waals surface area contributed by atoms with Gasteiger partial charge in [-0.2, -0.15) is 10.2 Å². The minimum atomic E-state index is -0.418. The van der Waals surface area contributed by atoms with Crippen LogP contribution in [0.2, 0.25) is 10.2 Å². The van der Waals surface area contributed by atoms with E-state index in [0.29, 0.717) is 22.9 Å². The Morgan fingerprint density at radius 2 is 1.97 bits per heavy atom. The van der Waals surface area contributed by atoms with E-state index >= 15 is 0 Å². The molecule has 0 fully saturated rings. The number of carbonyl (C=O) groups is 1. The number of amides is 1. The van der Waals surface area contributed by atoms with Crippen molar-refractivity contribution in [2.24, 2.45) is 16.7 Å². The lowest BCUT2D eigenvalue weighted by molar-refractivity contribution is -0.117. The maximum atomic E-state index is 13.1. The Morgan fingerprint density at radius 3 is 2.61 bits per heavy atom. The van der Waals surface area contributed by atoms with Crippen molar-refractivity contribution in [3.63, 3.8) is 0 Å². The molecule has 3 heterocycles. The fourth-order valence-electron chi connectivity index (χ4n) is 3.92. The molecule has 33 heavy (non-hydrogen) atoms. The number of nitrogens with zero attached hydrogens (tertiary/aromatic N) is 6. The number of nitrogens with two attached hydrogens (primary N) is 2. The quantitative estimate of drug-likeness (QED) is 0.218. The summed E-state index contributed by atoms with van der Waals surface area (Å²) < 4.78 is 1.72. The summed E-state index contributed by atoms with van der Waals surface area (Å²) in [5, 5.41) is 12.6.